The van der Waals surface area contributed by atoms with Crippen LogP contribution in [-0.2, 0) is 4.74 Å². The van der Waals surface area contributed by atoms with Crippen molar-refractivity contribution >= 4 is 29.5 Å². The molecule has 1 saturated heterocycles. The van der Waals surface area contributed by atoms with Gasteiger partial charge in [-0.15, -0.1) is 0 Å². The second kappa shape index (κ2) is 11.0. The number of nitrogens with two attached hydrogens (primary N) is 1. The lowest BCUT2D eigenvalue weighted by Gasteiger charge is -2.26. The van der Waals surface area contributed by atoms with E-state index in [9.17, 15) is 14.4 Å². The number of ether oxygens (including phenoxy) is 2. The predicted octanol–water partition coefficient (Wildman–Crippen LogP) is 4.66. The van der Waals surface area contributed by atoms with E-state index in [-0.39, 0.29) is 17.6 Å². The smallest absolute Gasteiger partial charge is 0.410 e. The van der Waals surface area contributed by atoms with E-state index in [4.69, 9.17) is 26.8 Å². The third-order valence-electron chi connectivity index (χ3n) is 5.55. The number of rotatable bonds is 5. The van der Waals surface area contributed by atoms with Gasteiger partial charge in [0, 0.05) is 36.8 Å². The third kappa shape index (κ3) is 7.11. The second-order valence-corrected chi connectivity index (χ2v) is 9.94. The number of hydrogen-bond acceptors (Lipinski definition) is 5. The number of primary amides is 1. The van der Waals surface area contributed by atoms with Crippen molar-refractivity contribution in [1.29, 1.82) is 0 Å². The Labute approximate surface area is 210 Å². The van der Waals surface area contributed by atoms with Crippen LogP contribution in [0, 0.1) is 0 Å². The van der Waals surface area contributed by atoms with Gasteiger partial charge < -0.3 is 25.0 Å². The van der Waals surface area contributed by atoms with Gasteiger partial charge in [-0.3, -0.25) is 9.59 Å². The van der Waals surface area contributed by atoms with Gasteiger partial charge in [0.2, 0.25) is 0 Å². The molecule has 9 heteroatoms. The second-order valence-electron chi connectivity index (χ2n) is 9.50. The van der Waals surface area contributed by atoms with E-state index >= 15 is 0 Å². The molecule has 2 aromatic carbocycles. The van der Waals surface area contributed by atoms with Crippen LogP contribution in [0.5, 0.6) is 5.75 Å². The van der Waals surface area contributed by atoms with Gasteiger partial charge >= 0.3 is 6.09 Å². The summed E-state index contributed by atoms with van der Waals surface area (Å²) in [7, 11) is 0. The summed E-state index contributed by atoms with van der Waals surface area (Å²) in [6.07, 6.45) is -0.150. The first-order valence-electron chi connectivity index (χ1n) is 11.6. The average molecular weight is 502 g/mol. The maximum absolute atomic E-state index is 13.2. The fraction of sp³-hybridized carbons (Fsp3) is 0.423. The van der Waals surface area contributed by atoms with Crippen LogP contribution in [0.2, 0.25) is 5.02 Å². The molecule has 2 N–H and O–H groups in total. The van der Waals surface area contributed by atoms with Crippen LogP contribution in [-0.4, -0.2) is 59.5 Å². The SMILES string of the molecule is CC(Oc1ccc(Cl)cc1C(N)=O)c1cccc(C(=O)N2CCCN(C(=O)OC(C)(C)C)CC2)c1. The molecule has 8 nitrogen and oxygen atoms in total. The van der Waals surface area contributed by atoms with Crippen molar-refractivity contribution in [3.8, 4) is 5.75 Å². The maximum Gasteiger partial charge on any atom is 0.410 e. The molecule has 0 aromatic heterocycles. The Bertz CT molecular complexity index is 1100. The van der Waals surface area contributed by atoms with Gasteiger partial charge in [-0.05, 0) is 70.0 Å². The highest BCUT2D eigenvalue weighted by atomic mass is 35.5. The monoisotopic (exact) mass is 501 g/mol. The van der Waals surface area contributed by atoms with Crippen LogP contribution in [0.15, 0.2) is 42.5 Å². The van der Waals surface area contributed by atoms with E-state index in [2.05, 4.69) is 0 Å². The van der Waals surface area contributed by atoms with E-state index in [0.717, 1.165) is 5.56 Å². The highest BCUT2D eigenvalue weighted by Gasteiger charge is 2.26. The quantitative estimate of drug-likeness (QED) is 0.641. The molecule has 0 bridgehead atoms. The topological polar surface area (TPSA) is 102 Å². The standard InChI is InChI=1S/C26H32ClN3O5/c1-17(34-22-10-9-20(27)16-21(22)23(28)31)18-7-5-8-19(15-18)24(32)29-11-6-12-30(14-13-29)25(33)35-26(2,3)4/h5,7-10,15-17H,6,11-14H2,1-4H3,(H2,28,31). The Morgan fingerprint density at radius 2 is 1.69 bits per heavy atom. The summed E-state index contributed by atoms with van der Waals surface area (Å²) in [5, 5.41) is 0.383. The highest BCUT2D eigenvalue weighted by molar-refractivity contribution is 6.31. The maximum atomic E-state index is 13.2. The molecule has 188 valence electrons. The van der Waals surface area contributed by atoms with Crippen LogP contribution < -0.4 is 10.5 Å². The van der Waals surface area contributed by atoms with Gasteiger partial charge in [0.15, 0.2) is 0 Å². The lowest BCUT2D eigenvalue weighted by atomic mass is 10.1. The van der Waals surface area contributed by atoms with Crippen molar-refractivity contribution in [2.24, 2.45) is 5.73 Å². The molecule has 0 spiro atoms. The molecule has 0 radical (unpaired) electrons. The molecule has 1 aliphatic rings. The van der Waals surface area contributed by atoms with Crippen molar-refractivity contribution in [2.75, 3.05) is 26.2 Å². The fourth-order valence-corrected chi connectivity index (χ4v) is 3.96. The molecule has 1 aliphatic heterocycles. The summed E-state index contributed by atoms with van der Waals surface area (Å²) >= 11 is 5.98. The Kier molecular flexibility index (Phi) is 8.27. The van der Waals surface area contributed by atoms with Crippen LogP contribution in [0.1, 0.15) is 66.5 Å². The Hall–Kier alpha value is -3.26. The van der Waals surface area contributed by atoms with Crippen molar-refractivity contribution in [3.63, 3.8) is 0 Å². The number of hydrogen-bond donors (Lipinski definition) is 1. The fourth-order valence-electron chi connectivity index (χ4n) is 3.79. The summed E-state index contributed by atoms with van der Waals surface area (Å²) < 4.78 is 11.5. The summed E-state index contributed by atoms with van der Waals surface area (Å²) in [5.74, 6) is -0.435. The summed E-state index contributed by atoms with van der Waals surface area (Å²) in [4.78, 5) is 40.8. The van der Waals surface area contributed by atoms with Crippen LogP contribution in [0.3, 0.4) is 0 Å². The Morgan fingerprint density at radius 3 is 2.37 bits per heavy atom. The first-order valence-corrected chi connectivity index (χ1v) is 12.0. The Balaban J connectivity index is 1.69. The molecule has 3 rings (SSSR count). The first-order chi connectivity index (χ1) is 16.4. The zero-order valence-corrected chi connectivity index (χ0v) is 21.3. The molecule has 0 saturated carbocycles. The molecule has 1 heterocycles. The van der Waals surface area contributed by atoms with Gasteiger partial charge in [-0.25, -0.2) is 4.79 Å². The third-order valence-corrected chi connectivity index (χ3v) is 5.78. The van der Waals surface area contributed by atoms with Gasteiger partial charge in [-0.2, -0.15) is 0 Å². The Morgan fingerprint density at radius 1 is 1.00 bits per heavy atom. The summed E-state index contributed by atoms with van der Waals surface area (Å²) in [6, 6.07) is 11.9. The minimum atomic E-state index is -0.639. The summed E-state index contributed by atoms with van der Waals surface area (Å²) in [6.45, 7) is 9.22. The lowest BCUT2D eigenvalue weighted by Crippen LogP contribution is -2.40. The van der Waals surface area contributed by atoms with E-state index in [1.165, 1.54) is 6.07 Å². The van der Waals surface area contributed by atoms with Gasteiger partial charge in [-0.1, -0.05) is 23.7 Å². The first kappa shape index (κ1) is 26.3. The zero-order chi connectivity index (χ0) is 25.8. The largest absolute Gasteiger partial charge is 0.485 e. The molecule has 0 aliphatic carbocycles. The van der Waals surface area contributed by atoms with Crippen LogP contribution in [0.25, 0.3) is 0 Å². The number of amides is 3. The van der Waals surface area contributed by atoms with Crippen LogP contribution >= 0.6 is 11.6 Å². The summed E-state index contributed by atoms with van der Waals surface area (Å²) in [5.41, 5.74) is 6.37. The lowest BCUT2D eigenvalue weighted by molar-refractivity contribution is 0.0255. The van der Waals surface area contributed by atoms with E-state index in [1.807, 2.05) is 33.8 Å². The molecule has 2 aromatic rings. The molecule has 1 unspecified atom stereocenters. The van der Waals surface area contributed by atoms with E-state index in [1.54, 1.807) is 40.1 Å². The number of nitrogens with zero attached hydrogens (tertiary/aromatic N) is 2. The minimum Gasteiger partial charge on any atom is -0.485 e. The number of benzene rings is 2. The van der Waals surface area contributed by atoms with Gasteiger partial charge in [0.1, 0.15) is 17.5 Å². The van der Waals surface area contributed by atoms with Gasteiger partial charge in [0.05, 0.1) is 5.56 Å². The minimum absolute atomic E-state index is 0.116. The average Bonchev–Trinajstić information content (AvgIpc) is 3.05. The zero-order valence-electron chi connectivity index (χ0n) is 20.5. The van der Waals surface area contributed by atoms with Crippen molar-refractivity contribution in [2.45, 2.75) is 45.8 Å². The predicted molar refractivity (Wildman–Crippen MR) is 134 cm³/mol. The van der Waals surface area contributed by atoms with Gasteiger partial charge in [0.25, 0.3) is 11.8 Å². The van der Waals surface area contributed by atoms with Crippen LogP contribution in [0.4, 0.5) is 4.79 Å². The van der Waals surface area contributed by atoms with Crippen molar-refractivity contribution in [1.82, 2.24) is 9.80 Å². The molecule has 3 amide bonds. The van der Waals surface area contributed by atoms with Crippen molar-refractivity contribution < 1.29 is 23.9 Å². The van der Waals surface area contributed by atoms with E-state index in [0.29, 0.717) is 48.9 Å². The molecular formula is C26H32ClN3O5. The molecule has 1 fully saturated rings. The molecular weight excluding hydrogens is 470 g/mol. The molecule has 35 heavy (non-hydrogen) atoms. The number of carbonyl (C=O) groups excluding carboxylic acids is 3. The number of carbonyl (C=O) groups is 3. The van der Waals surface area contributed by atoms with Crippen molar-refractivity contribution in [3.05, 3.63) is 64.2 Å². The normalized spacial score (nSPS) is 15.2. The van der Waals surface area contributed by atoms with E-state index < -0.39 is 17.6 Å². The highest BCUT2D eigenvalue weighted by Crippen LogP contribution is 2.28. The number of halogens is 1. The molecule has 1 atom stereocenters.